The van der Waals surface area contributed by atoms with Crippen LogP contribution in [-0.2, 0) is 22.9 Å². The number of hydrogen-bond acceptors (Lipinski definition) is 4. The van der Waals surface area contributed by atoms with Crippen molar-refractivity contribution in [1.82, 2.24) is 9.62 Å². The van der Waals surface area contributed by atoms with E-state index in [0.29, 0.717) is 18.9 Å². The summed E-state index contributed by atoms with van der Waals surface area (Å²) < 4.78 is 24.7. The number of aryl methyl sites for hydroxylation is 1. The molecule has 0 atom stereocenters. The zero-order chi connectivity index (χ0) is 20.1. The molecule has 1 aromatic carbocycles. The Morgan fingerprint density at radius 1 is 1.11 bits per heavy atom. The number of benzene rings is 1. The summed E-state index contributed by atoms with van der Waals surface area (Å²) in [6, 6.07) is 12.4. The van der Waals surface area contributed by atoms with Gasteiger partial charge in [0.2, 0.25) is 10.0 Å². The van der Waals surface area contributed by atoms with E-state index in [0.717, 1.165) is 42.8 Å². The number of nitrogens with zero attached hydrogens (tertiary/aromatic N) is 1. The fourth-order valence-electron chi connectivity index (χ4n) is 3.60. The second-order valence-corrected chi connectivity index (χ2v) is 10.7. The van der Waals surface area contributed by atoms with E-state index >= 15 is 0 Å². The third-order valence-corrected chi connectivity index (χ3v) is 6.90. The molecule has 0 unspecified atom stereocenters. The monoisotopic (exact) mass is 420 g/mol. The van der Waals surface area contributed by atoms with E-state index in [4.69, 9.17) is 0 Å². The van der Waals surface area contributed by atoms with Crippen LogP contribution in [0.2, 0.25) is 0 Å². The van der Waals surface area contributed by atoms with E-state index in [9.17, 15) is 13.2 Å². The molecular formula is C21H28N2O3S2. The molecule has 0 radical (unpaired) electrons. The fourth-order valence-corrected chi connectivity index (χ4v) is 4.91. The number of carbonyl (C=O) groups is 1. The first-order chi connectivity index (χ1) is 13.3. The highest BCUT2D eigenvalue weighted by Gasteiger charge is 2.24. The predicted octanol–water partition coefficient (Wildman–Crippen LogP) is 3.24. The zero-order valence-corrected chi connectivity index (χ0v) is 18.1. The molecule has 1 aliphatic rings. The third-order valence-electron chi connectivity index (χ3n) is 5.18. The van der Waals surface area contributed by atoms with Gasteiger partial charge in [0, 0.05) is 24.5 Å². The molecule has 0 aliphatic carbocycles. The maximum atomic E-state index is 12.6. The average Bonchev–Trinajstić information content (AvgIpc) is 3.09. The van der Waals surface area contributed by atoms with Gasteiger partial charge in [0.15, 0.2) is 0 Å². The largest absolute Gasteiger partial charge is 0.338 e. The maximum Gasteiger partial charge on any atom is 0.263 e. The van der Waals surface area contributed by atoms with Gasteiger partial charge in [-0.25, -0.2) is 13.1 Å². The highest BCUT2D eigenvalue weighted by atomic mass is 32.2. The highest BCUT2D eigenvalue weighted by molar-refractivity contribution is 7.88. The molecule has 2 aromatic rings. The minimum atomic E-state index is -3.13. The van der Waals surface area contributed by atoms with Gasteiger partial charge in [-0.2, -0.15) is 0 Å². The van der Waals surface area contributed by atoms with Gasteiger partial charge in [-0.15, -0.1) is 11.3 Å². The summed E-state index contributed by atoms with van der Waals surface area (Å²) in [6.07, 6.45) is 4.97. The molecule has 1 amide bonds. The number of rotatable bonds is 7. The Kier molecular flexibility index (Phi) is 6.91. The Balaban J connectivity index is 1.45. The summed E-state index contributed by atoms with van der Waals surface area (Å²) in [6.45, 7) is 4.11. The lowest BCUT2D eigenvalue weighted by atomic mass is 9.89. The highest BCUT2D eigenvalue weighted by Crippen LogP contribution is 2.25. The maximum absolute atomic E-state index is 12.6. The lowest BCUT2D eigenvalue weighted by Crippen LogP contribution is -2.38. The topological polar surface area (TPSA) is 66.5 Å². The zero-order valence-electron chi connectivity index (χ0n) is 16.5. The molecule has 1 aromatic heterocycles. The Bertz CT molecular complexity index is 896. The van der Waals surface area contributed by atoms with Gasteiger partial charge in [-0.1, -0.05) is 24.3 Å². The third kappa shape index (κ3) is 6.15. The van der Waals surface area contributed by atoms with E-state index in [1.807, 2.05) is 24.0 Å². The molecule has 0 saturated carbocycles. The van der Waals surface area contributed by atoms with Crippen molar-refractivity contribution in [2.45, 2.75) is 32.6 Å². The minimum Gasteiger partial charge on any atom is -0.338 e. The predicted molar refractivity (Wildman–Crippen MR) is 114 cm³/mol. The summed E-state index contributed by atoms with van der Waals surface area (Å²) in [7, 11) is -3.13. The number of nitrogens with one attached hydrogen (secondary N) is 1. The van der Waals surface area contributed by atoms with Gasteiger partial charge in [-0.05, 0) is 61.8 Å². The Morgan fingerprint density at radius 3 is 2.32 bits per heavy atom. The van der Waals surface area contributed by atoms with Gasteiger partial charge in [0.05, 0.1) is 11.1 Å². The number of carbonyl (C=O) groups excluding carboxylic acids is 1. The molecule has 2 heterocycles. The summed E-state index contributed by atoms with van der Waals surface area (Å²) in [5.41, 5.74) is 2.44. The van der Waals surface area contributed by atoms with E-state index in [2.05, 4.69) is 29.0 Å². The van der Waals surface area contributed by atoms with Crippen LogP contribution >= 0.6 is 11.3 Å². The number of likely N-dealkylation sites (tertiary alicyclic amines) is 1. The summed E-state index contributed by atoms with van der Waals surface area (Å²) in [5, 5.41) is 0. The van der Waals surface area contributed by atoms with Gasteiger partial charge >= 0.3 is 0 Å². The van der Waals surface area contributed by atoms with Crippen molar-refractivity contribution in [3.63, 3.8) is 0 Å². The summed E-state index contributed by atoms with van der Waals surface area (Å²) in [4.78, 5) is 16.6. The van der Waals surface area contributed by atoms with E-state index < -0.39 is 10.0 Å². The second-order valence-electron chi connectivity index (χ2n) is 7.58. The number of thiophene rings is 1. The molecule has 1 N–H and O–H groups in total. The fraction of sp³-hybridized carbons (Fsp3) is 0.476. The van der Waals surface area contributed by atoms with Gasteiger partial charge in [0.25, 0.3) is 5.91 Å². The van der Waals surface area contributed by atoms with Crippen LogP contribution in [0.3, 0.4) is 0 Å². The Morgan fingerprint density at radius 2 is 1.75 bits per heavy atom. The number of hydrogen-bond donors (Lipinski definition) is 1. The van der Waals surface area contributed by atoms with E-state index in [1.54, 1.807) is 11.3 Å². The minimum absolute atomic E-state index is 0.170. The molecule has 1 saturated heterocycles. The quantitative estimate of drug-likeness (QED) is 0.748. The summed E-state index contributed by atoms with van der Waals surface area (Å²) in [5.74, 6) is 0.774. The first kappa shape index (κ1) is 21.0. The lowest BCUT2D eigenvalue weighted by Gasteiger charge is -2.32. The van der Waals surface area contributed by atoms with Crippen molar-refractivity contribution < 1.29 is 13.2 Å². The lowest BCUT2D eigenvalue weighted by molar-refractivity contribution is 0.0695. The number of sulfonamides is 1. The first-order valence-electron chi connectivity index (χ1n) is 9.68. The SMILES string of the molecule is Cc1ccc(C(=O)N2CCC(Cc3ccc(CCNS(C)(=O)=O)cc3)CC2)s1. The van der Waals surface area contributed by atoms with Gasteiger partial charge in [-0.3, -0.25) is 4.79 Å². The molecular weight excluding hydrogens is 392 g/mol. The molecule has 28 heavy (non-hydrogen) atoms. The molecule has 152 valence electrons. The molecule has 0 spiro atoms. The number of amides is 1. The van der Waals surface area contributed by atoms with Crippen molar-refractivity contribution in [2.75, 3.05) is 25.9 Å². The molecule has 5 nitrogen and oxygen atoms in total. The standard InChI is InChI=1S/C21H28N2O3S2/c1-16-3-8-20(27-16)21(24)23-13-10-19(11-14-23)15-18-6-4-17(5-7-18)9-12-22-28(2,25)26/h3-8,19,22H,9-15H2,1-2H3. The van der Waals surface area contributed by atoms with Crippen molar-refractivity contribution in [1.29, 1.82) is 0 Å². The van der Waals surface area contributed by atoms with Crippen LogP contribution in [0.5, 0.6) is 0 Å². The summed E-state index contributed by atoms with van der Waals surface area (Å²) >= 11 is 1.57. The van der Waals surface area contributed by atoms with Crippen molar-refractivity contribution in [3.05, 3.63) is 57.3 Å². The molecule has 3 rings (SSSR count). The van der Waals surface area contributed by atoms with Crippen LogP contribution in [0.4, 0.5) is 0 Å². The second kappa shape index (κ2) is 9.20. The van der Waals surface area contributed by atoms with Gasteiger partial charge < -0.3 is 4.90 Å². The van der Waals surface area contributed by atoms with Crippen LogP contribution in [0, 0.1) is 12.8 Å². The van der Waals surface area contributed by atoms with Crippen LogP contribution in [-0.4, -0.2) is 45.1 Å². The van der Waals surface area contributed by atoms with Crippen molar-refractivity contribution in [3.8, 4) is 0 Å². The van der Waals surface area contributed by atoms with Gasteiger partial charge in [0.1, 0.15) is 0 Å². The Hall–Kier alpha value is -1.70. The van der Waals surface area contributed by atoms with Crippen molar-refractivity contribution >= 4 is 27.3 Å². The smallest absolute Gasteiger partial charge is 0.263 e. The van der Waals surface area contributed by atoms with Crippen LogP contribution < -0.4 is 4.72 Å². The van der Waals surface area contributed by atoms with Crippen molar-refractivity contribution in [2.24, 2.45) is 5.92 Å². The van der Waals surface area contributed by atoms with Crippen LogP contribution in [0.25, 0.3) is 0 Å². The first-order valence-corrected chi connectivity index (χ1v) is 12.4. The molecule has 7 heteroatoms. The number of piperidine rings is 1. The van der Waals surface area contributed by atoms with Crippen LogP contribution in [0.15, 0.2) is 36.4 Å². The van der Waals surface area contributed by atoms with Crippen LogP contribution in [0.1, 0.15) is 38.5 Å². The molecule has 1 aliphatic heterocycles. The normalized spacial score (nSPS) is 15.7. The molecule has 1 fully saturated rings. The average molecular weight is 421 g/mol. The molecule has 0 bridgehead atoms. The Labute approximate surface area is 171 Å². The van der Waals surface area contributed by atoms with E-state index in [-0.39, 0.29) is 5.91 Å². The van der Waals surface area contributed by atoms with E-state index in [1.165, 1.54) is 16.7 Å².